The van der Waals surface area contributed by atoms with E-state index in [0.717, 1.165) is 0 Å². The molecule has 7 unspecified atom stereocenters. The van der Waals surface area contributed by atoms with Crippen LogP contribution in [0.15, 0.2) is 0 Å². The Labute approximate surface area is 133 Å². The Morgan fingerprint density at radius 3 is 2.57 bits per heavy atom. The van der Waals surface area contributed by atoms with E-state index in [1.807, 2.05) is 0 Å². The second-order valence-electron chi connectivity index (χ2n) is 6.97. The van der Waals surface area contributed by atoms with Crippen LogP contribution in [0.4, 0.5) is 0 Å². The van der Waals surface area contributed by atoms with Crippen molar-refractivity contribution in [1.29, 1.82) is 0 Å². The molecule has 2 heterocycles. The van der Waals surface area contributed by atoms with E-state index in [-0.39, 0.29) is 26.1 Å². The van der Waals surface area contributed by atoms with Gasteiger partial charge in [-0.1, -0.05) is 0 Å². The zero-order valence-electron chi connectivity index (χ0n) is 12.8. The van der Waals surface area contributed by atoms with E-state index < -0.39 is 53.9 Å². The first-order valence-corrected chi connectivity index (χ1v) is 8.03. The van der Waals surface area contributed by atoms with Crippen molar-refractivity contribution in [3.05, 3.63) is 0 Å². The van der Waals surface area contributed by atoms with Gasteiger partial charge in [-0.25, -0.2) is 0 Å². The van der Waals surface area contributed by atoms with E-state index in [4.69, 9.17) is 9.47 Å². The van der Waals surface area contributed by atoms with Gasteiger partial charge >= 0.3 is 5.97 Å². The van der Waals surface area contributed by atoms with Crippen LogP contribution in [0.25, 0.3) is 0 Å². The minimum absolute atomic E-state index is 0.00176. The van der Waals surface area contributed by atoms with Crippen molar-refractivity contribution in [2.45, 2.75) is 49.3 Å². The molecule has 1 aliphatic carbocycles. The maximum Gasteiger partial charge on any atom is 0.306 e. The second kappa shape index (κ2) is 5.94. The highest BCUT2D eigenvalue weighted by atomic mass is 16.7. The number of aliphatic carboxylic acids is 1. The molecule has 1 saturated carbocycles. The van der Waals surface area contributed by atoms with Gasteiger partial charge in [0.25, 0.3) is 0 Å². The average molecular weight is 332 g/mol. The molecule has 0 amide bonds. The van der Waals surface area contributed by atoms with Crippen LogP contribution in [0.2, 0.25) is 0 Å². The van der Waals surface area contributed by atoms with Crippen molar-refractivity contribution in [2.24, 2.45) is 17.8 Å². The Morgan fingerprint density at radius 2 is 2.00 bits per heavy atom. The molecule has 3 fully saturated rings. The van der Waals surface area contributed by atoms with Crippen LogP contribution >= 0.6 is 0 Å². The second-order valence-corrected chi connectivity index (χ2v) is 6.97. The van der Waals surface area contributed by atoms with Crippen LogP contribution in [-0.4, -0.2) is 74.9 Å². The number of aliphatic hydroxyl groups excluding tert-OH is 3. The first-order chi connectivity index (χ1) is 10.9. The van der Waals surface area contributed by atoms with Gasteiger partial charge in [-0.15, -0.1) is 0 Å². The molecule has 8 heteroatoms. The number of carboxylic acids is 1. The van der Waals surface area contributed by atoms with Crippen molar-refractivity contribution >= 4 is 5.97 Å². The van der Waals surface area contributed by atoms with E-state index in [1.165, 1.54) is 0 Å². The van der Waals surface area contributed by atoms with Gasteiger partial charge in [0.05, 0.1) is 37.9 Å². The molecule has 0 radical (unpaired) electrons. The third kappa shape index (κ3) is 2.48. The lowest BCUT2D eigenvalue weighted by atomic mass is 9.70. The number of hydrogen-bond acceptors (Lipinski definition) is 7. The zero-order valence-corrected chi connectivity index (χ0v) is 12.8. The van der Waals surface area contributed by atoms with Gasteiger partial charge in [0.1, 0.15) is 5.60 Å². The van der Waals surface area contributed by atoms with Crippen LogP contribution in [0.3, 0.4) is 0 Å². The molecule has 1 spiro atoms. The highest BCUT2D eigenvalue weighted by molar-refractivity contribution is 5.70. The number of hydrogen-bond donors (Lipinski definition) is 5. The predicted octanol–water partition coefficient (Wildman–Crippen LogP) is -1.30. The Bertz CT molecular complexity index is 470. The summed E-state index contributed by atoms with van der Waals surface area (Å²) in [5.74, 6) is -3.92. The predicted molar refractivity (Wildman–Crippen MR) is 75.3 cm³/mol. The summed E-state index contributed by atoms with van der Waals surface area (Å²) in [7, 11) is 0. The molecule has 23 heavy (non-hydrogen) atoms. The van der Waals surface area contributed by atoms with Crippen LogP contribution in [0.5, 0.6) is 0 Å². The van der Waals surface area contributed by atoms with Gasteiger partial charge in [-0.3, -0.25) is 4.79 Å². The summed E-state index contributed by atoms with van der Waals surface area (Å²) in [6.45, 7) is -0.840. The van der Waals surface area contributed by atoms with Crippen molar-refractivity contribution < 1.29 is 39.8 Å². The maximum absolute atomic E-state index is 11.2. The minimum atomic E-state index is -1.69. The lowest BCUT2D eigenvalue weighted by Crippen LogP contribution is -2.63. The van der Waals surface area contributed by atoms with Crippen LogP contribution < -0.4 is 0 Å². The number of rotatable bonds is 3. The van der Waals surface area contributed by atoms with Crippen molar-refractivity contribution in [2.75, 3.05) is 19.8 Å². The highest BCUT2D eigenvalue weighted by Gasteiger charge is 2.68. The molecule has 0 aromatic rings. The molecule has 3 rings (SSSR count). The number of carbonyl (C=O) groups is 1. The molecule has 2 aliphatic heterocycles. The molecule has 0 bridgehead atoms. The smallest absolute Gasteiger partial charge is 0.306 e. The largest absolute Gasteiger partial charge is 0.481 e. The summed E-state index contributed by atoms with van der Waals surface area (Å²) in [4.78, 5) is 11.2. The van der Waals surface area contributed by atoms with Gasteiger partial charge < -0.3 is 35.0 Å². The topological polar surface area (TPSA) is 137 Å². The molecule has 8 nitrogen and oxygen atoms in total. The summed E-state index contributed by atoms with van der Waals surface area (Å²) in [6.07, 6.45) is -0.488. The Balaban J connectivity index is 1.86. The van der Waals surface area contributed by atoms with Crippen molar-refractivity contribution in [3.8, 4) is 0 Å². The summed E-state index contributed by atoms with van der Waals surface area (Å²) in [5.41, 5.74) is -1.69. The molecular weight excluding hydrogens is 308 g/mol. The molecule has 5 N–H and O–H groups in total. The molecule has 3 aliphatic rings. The van der Waals surface area contributed by atoms with E-state index in [9.17, 15) is 30.3 Å². The Morgan fingerprint density at radius 1 is 1.26 bits per heavy atom. The lowest BCUT2D eigenvalue weighted by Gasteiger charge is -2.47. The molecule has 0 aromatic carbocycles. The summed E-state index contributed by atoms with van der Waals surface area (Å²) in [6, 6.07) is 0. The van der Waals surface area contributed by atoms with Crippen LogP contribution in [0.1, 0.15) is 25.7 Å². The zero-order chi connectivity index (χ0) is 16.8. The minimum Gasteiger partial charge on any atom is -0.481 e. The lowest BCUT2D eigenvalue weighted by molar-refractivity contribution is -0.334. The quantitative estimate of drug-likeness (QED) is 0.430. The average Bonchev–Trinajstić information content (AvgIpc) is 2.76. The number of aliphatic hydroxyl groups is 4. The first-order valence-electron chi connectivity index (χ1n) is 8.03. The maximum atomic E-state index is 11.2. The molecule has 132 valence electrons. The fourth-order valence-electron chi connectivity index (χ4n) is 4.31. The standard InChI is InChI=1S/C15H24O8/c16-5-9-6-22-15(4-11(9)18)14(21,7-17)10-2-1-8(13(19)20)3-12(10)23-15/h8-12,16-18,21H,1-7H2,(H,19,20). The van der Waals surface area contributed by atoms with Crippen LogP contribution in [-0.2, 0) is 14.3 Å². The fourth-order valence-corrected chi connectivity index (χ4v) is 4.31. The van der Waals surface area contributed by atoms with E-state index in [2.05, 4.69) is 0 Å². The third-order valence-electron chi connectivity index (χ3n) is 5.78. The summed E-state index contributed by atoms with van der Waals surface area (Å²) < 4.78 is 11.6. The Hall–Kier alpha value is -0.770. The van der Waals surface area contributed by atoms with E-state index >= 15 is 0 Å². The summed E-state index contributed by atoms with van der Waals surface area (Å²) in [5, 5.41) is 49.5. The molecule has 2 saturated heterocycles. The van der Waals surface area contributed by atoms with E-state index in [0.29, 0.717) is 12.8 Å². The fraction of sp³-hybridized carbons (Fsp3) is 0.933. The highest BCUT2D eigenvalue weighted by Crippen LogP contribution is 2.54. The number of carboxylic acid groups (broad SMARTS) is 1. The molecule has 7 atom stereocenters. The van der Waals surface area contributed by atoms with Gasteiger partial charge in [0, 0.05) is 18.3 Å². The van der Waals surface area contributed by atoms with Crippen molar-refractivity contribution in [1.82, 2.24) is 0 Å². The van der Waals surface area contributed by atoms with Gasteiger partial charge in [0.2, 0.25) is 5.79 Å². The SMILES string of the molecule is O=C(O)C1CCC2C(C1)OC1(CC(O)C(CO)CO1)C2(O)CO. The number of fused-ring (bicyclic) bond motifs is 1. The third-order valence-corrected chi connectivity index (χ3v) is 5.78. The van der Waals surface area contributed by atoms with Gasteiger partial charge in [-0.2, -0.15) is 0 Å². The normalized spacial score (nSPS) is 50.0. The van der Waals surface area contributed by atoms with Gasteiger partial charge in [0.15, 0.2) is 0 Å². The van der Waals surface area contributed by atoms with Crippen LogP contribution in [0, 0.1) is 17.8 Å². The molecule has 0 aromatic heterocycles. The molecular formula is C15H24O8. The summed E-state index contributed by atoms with van der Waals surface area (Å²) >= 11 is 0. The van der Waals surface area contributed by atoms with Gasteiger partial charge in [-0.05, 0) is 19.3 Å². The van der Waals surface area contributed by atoms with Crippen molar-refractivity contribution in [3.63, 3.8) is 0 Å². The monoisotopic (exact) mass is 332 g/mol. The number of ether oxygens (including phenoxy) is 2. The Kier molecular flexibility index (Phi) is 4.41. The first kappa shape index (κ1) is 17.1. The van der Waals surface area contributed by atoms with E-state index in [1.54, 1.807) is 0 Å².